The second kappa shape index (κ2) is 9.73. The Kier molecular flexibility index (Phi) is 7.36. The fourth-order valence-electron chi connectivity index (χ4n) is 2.22. The first-order valence-electron chi connectivity index (χ1n) is 8.41. The average Bonchev–Trinajstić information content (AvgIpc) is 2.60. The van der Waals surface area contributed by atoms with E-state index in [0.29, 0.717) is 16.6 Å². The number of hydrazone groups is 1. The first-order valence-corrected chi connectivity index (χ1v) is 8.79. The van der Waals surface area contributed by atoms with Gasteiger partial charge in [0, 0.05) is 23.6 Å². The molecule has 2 amide bonds. The number of halogens is 1. The lowest BCUT2D eigenvalue weighted by molar-refractivity contribution is -0.124. The van der Waals surface area contributed by atoms with Gasteiger partial charge in [-0.2, -0.15) is 5.10 Å². The summed E-state index contributed by atoms with van der Waals surface area (Å²) in [6.07, 6.45) is 1.70. The molecule has 136 valence electrons. The molecule has 0 radical (unpaired) electrons. The first kappa shape index (κ1) is 19.7. The largest absolute Gasteiger partial charge is 0.326 e. The van der Waals surface area contributed by atoms with Gasteiger partial charge in [0.2, 0.25) is 11.8 Å². The minimum Gasteiger partial charge on any atom is -0.326 e. The van der Waals surface area contributed by atoms with Crippen LogP contribution in [0, 0.1) is 0 Å². The third kappa shape index (κ3) is 6.69. The highest BCUT2D eigenvalue weighted by molar-refractivity contribution is 6.30. The number of hydrogen-bond donors (Lipinski definition) is 2. The van der Waals surface area contributed by atoms with Crippen molar-refractivity contribution in [2.75, 3.05) is 5.32 Å². The second-order valence-electron chi connectivity index (χ2n) is 6.17. The van der Waals surface area contributed by atoms with Crippen LogP contribution in [0.3, 0.4) is 0 Å². The van der Waals surface area contributed by atoms with E-state index in [9.17, 15) is 9.59 Å². The Bertz CT molecular complexity index is 786. The Hall–Kier alpha value is -2.66. The molecular weight excluding hydrogens is 350 g/mol. The summed E-state index contributed by atoms with van der Waals surface area (Å²) in [7, 11) is 0. The predicted molar refractivity (Wildman–Crippen MR) is 106 cm³/mol. The topological polar surface area (TPSA) is 70.6 Å². The molecule has 0 aliphatic heterocycles. The van der Waals surface area contributed by atoms with Crippen LogP contribution in [0.1, 0.15) is 43.7 Å². The summed E-state index contributed by atoms with van der Waals surface area (Å²) < 4.78 is 0. The van der Waals surface area contributed by atoms with Crippen LogP contribution < -0.4 is 10.7 Å². The van der Waals surface area contributed by atoms with Gasteiger partial charge in [-0.15, -0.1) is 0 Å². The van der Waals surface area contributed by atoms with Crippen LogP contribution in [-0.2, 0) is 9.59 Å². The maximum atomic E-state index is 11.8. The number of rotatable bonds is 7. The molecule has 0 heterocycles. The van der Waals surface area contributed by atoms with Crippen LogP contribution in [-0.4, -0.2) is 18.0 Å². The quantitative estimate of drug-likeness (QED) is 0.561. The third-order valence-corrected chi connectivity index (χ3v) is 3.93. The molecule has 26 heavy (non-hydrogen) atoms. The lowest BCUT2D eigenvalue weighted by atomic mass is 10.0. The lowest BCUT2D eigenvalue weighted by Gasteiger charge is -2.05. The van der Waals surface area contributed by atoms with Crippen LogP contribution in [0.4, 0.5) is 5.69 Å². The van der Waals surface area contributed by atoms with Gasteiger partial charge in [-0.3, -0.25) is 9.59 Å². The standard InChI is InChI=1S/C20H22ClN3O2/c1-14(2)16-8-6-15(7-9-16)13-22-24-20(26)11-10-19(25)23-18-5-3-4-17(21)12-18/h3-9,12-14H,10-11H2,1-2H3,(H,23,25)(H,24,26)/b22-13+. The van der Waals surface area contributed by atoms with E-state index in [1.807, 2.05) is 24.3 Å². The molecule has 0 aliphatic carbocycles. The first-order chi connectivity index (χ1) is 12.4. The van der Waals surface area contributed by atoms with Crippen molar-refractivity contribution >= 4 is 35.3 Å². The molecule has 2 aromatic rings. The van der Waals surface area contributed by atoms with E-state index in [1.165, 1.54) is 5.56 Å². The van der Waals surface area contributed by atoms with Gasteiger partial charge in [0.25, 0.3) is 0 Å². The lowest BCUT2D eigenvalue weighted by Crippen LogP contribution is -2.20. The van der Waals surface area contributed by atoms with Gasteiger partial charge in [0.1, 0.15) is 0 Å². The predicted octanol–water partition coefficient (Wildman–Crippen LogP) is 4.33. The molecule has 2 aromatic carbocycles. The number of anilines is 1. The molecule has 0 aromatic heterocycles. The minimum absolute atomic E-state index is 0.0516. The van der Waals surface area contributed by atoms with Gasteiger partial charge in [0.15, 0.2) is 0 Å². The smallest absolute Gasteiger partial charge is 0.240 e. The van der Waals surface area contributed by atoms with Gasteiger partial charge < -0.3 is 5.32 Å². The van der Waals surface area contributed by atoms with Crippen LogP contribution in [0.2, 0.25) is 5.02 Å². The van der Waals surface area contributed by atoms with Gasteiger partial charge >= 0.3 is 0 Å². The highest BCUT2D eigenvalue weighted by Gasteiger charge is 2.07. The molecular formula is C20H22ClN3O2. The summed E-state index contributed by atoms with van der Waals surface area (Å²) >= 11 is 5.86. The summed E-state index contributed by atoms with van der Waals surface area (Å²) in [5.41, 5.74) is 5.17. The number of nitrogens with zero attached hydrogens (tertiary/aromatic N) is 1. The Labute approximate surface area is 158 Å². The van der Waals surface area contributed by atoms with Gasteiger partial charge in [-0.1, -0.05) is 55.8 Å². The second-order valence-corrected chi connectivity index (χ2v) is 6.61. The van der Waals surface area contributed by atoms with Crippen molar-refractivity contribution in [2.24, 2.45) is 5.10 Å². The van der Waals surface area contributed by atoms with E-state index in [2.05, 4.69) is 29.7 Å². The van der Waals surface area contributed by atoms with E-state index in [4.69, 9.17) is 11.6 Å². The molecule has 0 saturated carbocycles. The molecule has 0 spiro atoms. The summed E-state index contributed by atoms with van der Waals surface area (Å²) in [5.74, 6) is -0.101. The van der Waals surface area contributed by atoms with Crippen molar-refractivity contribution in [3.63, 3.8) is 0 Å². The van der Waals surface area contributed by atoms with Crippen molar-refractivity contribution in [3.8, 4) is 0 Å². The SMILES string of the molecule is CC(C)c1ccc(/C=N/NC(=O)CCC(=O)Nc2cccc(Cl)c2)cc1. The van der Waals surface area contributed by atoms with Crippen molar-refractivity contribution in [1.82, 2.24) is 5.43 Å². The molecule has 0 aliphatic rings. The zero-order chi connectivity index (χ0) is 18.9. The Morgan fingerprint density at radius 2 is 1.77 bits per heavy atom. The van der Waals surface area contributed by atoms with E-state index in [1.54, 1.807) is 30.5 Å². The number of carbonyl (C=O) groups is 2. The maximum absolute atomic E-state index is 11.8. The number of benzene rings is 2. The fraction of sp³-hybridized carbons (Fsp3) is 0.250. The molecule has 0 saturated heterocycles. The fourth-order valence-corrected chi connectivity index (χ4v) is 2.41. The average molecular weight is 372 g/mol. The Morgan fingerprint density at radius 1 is 1.08 bits per heavy atom. The van der Waals surface area contributed by atoms with Crippen molar-refractivity contribution < 1.29 is 9.59 Å². The molecule has 0 unspecified atom stereocenters. The summed E-state index contributed by atoms with van der Waals surface area (Å²) in [6.45, 7) is 4.26. The normalized spacial score (nSPS) is 10.9. The van der Waals surface area contributed by atoms with Crippen LogP contribution in [0.25, 0.3) is 0 Å². The molecule has 0 bridgehead atoms. The highest BCUT2D eigenvalue weighted by atomic mass is 35.5. The third-order valence-electron chi connectivity index (χ3n) is 3.69. The van der Waals surface area contributed by atoms with Gasteiger partial charge in [-0.25, -0.2) is 5.43 Å². The molecule has 6 heteroatoms. The monoisotopic (exact) mass is 371 g/mol. The molecule has 5 nitrogen and oxygen atoms in total. The summed E-state index contributed by atoms with van der Waals surface area (Å²) in [6, 6.07) is 14.8. The van der Waals surface area contributed by atoms with E-state index in [-0.39, 0.29) is 24.7 Å². The van der Waals surface area contributed by atoms with Gasteiger partial charge in [0.05, 0.1) is 6.21 Å². The minimum atomic E-state index is -0.318. The van der Waals surface area contributed by atoms with Crippen LogP contribution >= 0.6 is 11.6 Å². The van der Waals surface area contributed by atoms with Crippen molar-refractivity contribution in [1.29, 1.82) is 0 Å². The van der Waals surface area contributed by atoms with E-state index in [0.717, 1.165) is 5.56 Å². The number of nitrogens with one attached hydrogen (secondary N) is 2. The molecule has 2 rings (SSSR count). The molecule has 0 fully saturated rings. The summed E-state index contributed by atoms with van der Waals surface area (Å²) in [4.78, 5) is 23.6. The van der Waals surface area contributed by atoms with Crippen molar-refractivity contribution in [2.45, 2.75) is 32.6 Å². The molecule has 0 atom stereocenters. The number of amides is 2. The summed E-state index contributed by atoms with van der Waals surface area (Å²) in [5, 5.41) is 7.15. The van der Waals surface area contributed by atoms with Crippen molar-refractivity contribution in [3.05, 3.63) is 64.7 Å². The highest BCUT2D eigenvalue weighted by Crippen LogP contribution is 2.15. The van der Waals surface area contributed by atoms with Crippen LogP contribution in [0.5, 0.6) is 0 Å². The Balaban J connectivity index is 1.73. The van der Waals surface area contributed by atoms with E-state index < -0.39 is 0 Å². The molecule has 2 N–H and O–H groups in total. The maximum Gasteiger partial charge on any atom is 0.240 e. The Morgan fingerprint density at radius 3 is 2.42 bits per heavy atom. The van der Waals surface area contributed by atoms with Crippen LogP contribution in [0.15, 0.2) is 53.6 Å². The van der Waals surface area contributed by atoms with E-state index >= 15 is 0 Å². The number of carbonyl (C=O) groups excluding carboxylic acids is 2. The zero-order valence-corrected chi connectivity index (χ0v) is 15.6. The number of hydrogen-bond acceptors (Lipinski definition) is 3. The van der Waals surface area contributed by atoms with Gasteiger partial charge in [-0.05, 0) is 35.2 Å². The zero-order valence-electron chi connectivity index (χ0n) is 14.8.